The van der Waals surface area contributed by atoms with Gasteiger partial charge in [0.05, 0.1) is 12.3 Å². The van der Waals surface area contributed by atoms with Crippen LogP contribution in [0.15, 0.2) is 18.3 Å². The third-order valence-electron chi connectivity index (χ3n) is 2.14. The molecule has 0 atom stereocenters. The first-order valence-corrected chi connectivity index (χ1v) is 4.61. The number of aliphatic hydroxyl groups excluding tert-OH is 1. The second kappa shape index (κ2) is 3.67. The average Bonchev–Trinajstić information content (AvgIpc) is 2.74. The highest BCUT2D eigenvalue weighted by Crippen LogP contribution is 2.18. The minimum absolute atomic E-state index is 0.122. The van der Waals surface area contributed by atoms with Gasteiger partial charge in [0.1, 0.15) is 11.5 Å². The van der Waals surface area contributed by atoms with Gasteiger partial charge in [0.15, 0.2) is 0 Å². The summed E-state index contributed by atoms with van der Waals surface area (Å²) >= 11 is 0. The standard InChI is InChI=1S/C10H13N3O/c1-7-10(8-3-2-5-11-8)13-9(12-7)4-6-14/h2-3,5,11,14H,4,6H2,1H3,(H,12,13). The molecule has 2 rings (SSSR count). The van der Waals surface area contributed by atoms with Gasteiger partial charge in [-0.05, 0) is 19.1 Å². The molecule has 0 amide bonds. The van der Waals surface area contributed by atoms with E-state index in [9.17, 15) is 0 Å². The van der Waals surface area contributed by atoms with Crippen molar-refractivity contribution in [2.24, 2.45) is 0 Å². The van der Waals surface area contributed by atoms with Crippen molar-refractivity contribution < 1.29 is 5.11 Å². The molecule has 0 aliphatic carbocycles. The Bertz CT molecular complexity index is 403. The Labute approximate surface area is 82.0 Å². The van der Waals surface area contributed by atoms with Crippen LogP contribution in [0.4, 0.5) is 0 Å². The van der Waals surface area contributed by atoms with Crippen LogP contribution < -0.4 is 0 Å². The summed E-state index contributed by atoms with van der Waals surface area (Å²) in [5, 5.41) is 8.78. The third-order valence-corrected chi connectivity index (χ3v) is 2.14. The number of nitrogens with one attached hydrogen (secondary N) is 2. The number of aromatic amines is 2. The molecule has 0 saturated heterocycles. The summed E-state index contributed by atoms with van der Waals surface area (Å²) < 4.78 is 0. The monoisotopic (exact) mass is 191 g/mol. The molecule has 0 unspecified atom stereocenters. The molecule has 2 aromatic heterocycles. The van der Waals surface area contributed by atoms with Crippen LogP contribution in [0.2, 0.25) is 0 Å². The van der Waals surface area contributed by atoms with Crippen molar-refractivity contribution >= 4 is 0 Å². The van der Waals surface area contributed by atoms with Crippen molar-refractivity contribution in [2.45, 2.75) is 13.3 Å². The average molecular weight is 191 g/mol. The topological polar surface area (TPSA) is 64.7 Å². The van der Waals surface area contributed by atoms with Crippen molar-refractivity contribution in [3.05, 3.63) is 29.8 Å². The number of aliphatic hydroxyl groups is 1. The first kappa shape index (κ1) is 9.02. The highest BCUT2D eigenvalue weighted by Gasteiger charge is 2.08. The molecule has 0 spiro atoms. The van der Waals surface area contributed by atoms with Gasteiger partial charge in [0.2, 0.25) is 0 Å². The maximum Gasteiger partial charge on any atom is 0.109 e. The summed E-state index contributed by atoms with van der Waals surface area (Å²) in [6, 6.07) is 3.92. The summed E-state index contributed by atoms with van der Waals surface area (Å²) in [5.41, 5.74) is 2.96. The van der Waals surface area contributed by atoms with Gasteiger partial charge in [0, 0.05) is 18.3 Å². The zero-order valence-electron chi connectivity index (χ0n) is 8.04. The molecule has 0 radical (unpaired) electrons. The van der Waals surface area contributed by atoms with E-state index >= 15 is 0 Å². The molecule has 0 aliphatic rings. The first-order chi connectivity index (χ1) is 6.81. The molecule has 2 heterocycles. The largest absolute Gasteiger partial charge is 0.396 e. The van der Waals surface area contributed by atoms with Crippen molar-refractivity contribution in [3.63, 3.8) is 0 Å². The number of aromatic nitrogens is 3. The van der Waals surface area contributed by atoms with E-state index in [0.717, 1.165) is 22.9 Å². The van der Waals surface area contributed by atoms with Gasteiger partial charge in [-0.15, -0.1) is 0 Å². The Hall–Kier alpha value is -1.55. The molecular formula is C10H13N3O. The van der Waals surface area contributed by atoms with E-state index in [1.54, 1.807) is 0 Å². The number of hydrogen-bond donors (Lipinski definition) is 3. The molecule has 0 aliphatic heterocycles. The van der Waals surface area contributed by atoms with E-state index in [1.807, 2.05) is 25.3 Å². The van der Waals surface area contributed by atoms with Crippen LogP contribution in [0.5, 0.6) is 0 Å². The number of nitrogens with zero attached hydrogens (tertiary/aromatic N) is 1. The van der Waals surface area contributed by atoms with Crippen LogP contribution in [-0.4, -0.2) is 26.7 Å². The number of imidazole rings is 1. The summed E-state index contributed by atoms with van der Waals surface area (Å²) in [4.78, 5) is 10.6. The van der Waals surface area contributed by atoms with Crippen LogP contribution in [0, 0.1) is 6.92 Å². The van der Waals surface area contributed by atoms with Crippen molar-refractivity contribution in [3.8, 4) is 11.4 Å². The van der Waals surface area contributed by atoms with Gasteiger partial charge in [-0.2, -0.15) is 0 Å². The lowest BCUT2D eigenvalue weighted by Gasteiger charge is -1.91. The molecule has 2 aromatic rings. The lowest BCUT2D eigenvalue weighted by Crippen LogP contribution is -1.92. The third kappa shape index (κ3) is 1.56. The molecule has 0 fully saturated rings. The van der Waals surface area contributed by atoms with Gasteiger partial charge < -0.3 is 15.1 Å². The summed E-state index contributed by atoms with van der Waals surface area (Å²) in [6.45, 7) is 2.10. The first-order valence-electron chi connectivity index (χ1n) is 4.61. The minimum Gasteiger partial charge on any atom is -0.396 e. The maximum atomic E-state index is 8.78. The molecule has 0 aromatic carbocycles. The fourth-order valence-electron chi connectivity index (χ4n) is 1.49. The predicted octanol–water partition coefficient (Wildman–Crippen LogP) is 1.25. The zero-order valence-corrected chi connectivity index (χ0v) is 8.04. The van der Waals surface area contributed by atoms with Gasteiger partial charge in [-0.1, -0.05) is 0 Å². The highest BCUT2D eigenvalue weighted by molar-refractivity contribution is 5.57. The van der Waals surface area contributed by atoms with Gasteiger partial charge in [0.25, 0.3) is 0 Å². The van der Waals surface area contributed by atoms with E-state index in [2.05, 4.69) is 15.0 Å². The smallest absolute Gasteiger partial charge is 0.109 e. The molecule has 4 heteroatoms. The predicted molar refractivity (Wildman–Crippen MR) is 53.9 cm³/mol. The molecule has 0 bridgehead atoms. The van der Waals surface area contributed by atoms with E-state index < -0.39 is 0 Å². The number of aryl methyl sites for hydroxylation is 1. The van der Waals surface area contributed by atoms with Crippen molar-refractivity contribution in [1.82, 2.24) is 15.0 Å². The molecule has 0 saturated carbocycles. The SMILES string of the molecule is Cc1[nH]c(CCO)nc1-c1ccc[nH]1. The Morgan fingerprint density at radius 2 is 2.36 bits per heavy atom. The van der Waals surface area contributed by atoms with Crippen LogP contribution in [0.1, 0.15) is 11.5 Å². The van der Waals surface area contributed by atoms with E-state index in [0.29, 0.717) is 6.42 Å². The fraction of sp³-hybridized carbons (Fsp3) is 0.300. The van der Waals surface area contributed by atoms with Crippen LogP contribution >= 0.6 is 0 Å². The van der Waals surface area contributed by atoms with Crippen molar-refractivity contribution in [1.29, 1.82) is 0 Å². The van der Waals surface area contributed by atoms with E-state index in [4.69, 9.17) is 5.11 Å². The summed E-state index contributed by atoms with van der Waals surface area (Å²) in [7, 11) is 0. The Kier molecular flexibility index (Phi) is 2.37. The highest BCUT2D eigenvalue weighted by atomic mass is 16.3. The van der Waals surface area contributed by atoms with Crippen LogP contribution in [0.25, 0.3) is 11.4 Å². The van der Waals surface area contributed by atoms with Gasteiger partial charge in [-0.25, -0.2) is 4.98 Å². The lowest BCUT2D eigenvalue weighted by atomic mass is 10.3. The minimum atomic E-state index is 0.122. The number of rotatable bonds is 3. The maximum absolute atomic E-state index is 8.78. The lowest BCUT2D eigenvalue weighted by molar-refractivity contribution is 0.297. The Morgan fingerprint density at radius 1 is 1.50 bits per heavy atom. The zero-order chi connectivity index (χ0) is 9.97. The Morgan fingerprint density at radius 3 is 3.00 bits per heavy atom. The van der Waals surface area contributed by atoms with Crippen LogP contribution in [0.3, 0.4) is 0 Å². The fourth-order valence-corrected chi connectivity index (χ4v) is 1.49. The van der Waals surface area contributed by atoms with E-state index in [1.165, 1.54) is 0 Å². The number of hydrogen-bond acceptors (Lipinski definition) is 2. The summed E-state index contributed by atoms with van der Waals surface area (Å²) in [5.74, 6) is 0.828. The van der Waals surface area contributed by atoms with Crippen molar-refractivity contribution in [2.75, 3.05) is 6.61 Å². The quantitative estimate of drug-likeness (QED) is 0.683. The van der Waals surface area contributed by atoms with Crippen LogP contribution in [-0.2, 0) is 6.42 Å². The molecular weight excluding hydrogens is 178 g/mol. The molecule has 74 valence electrons. The molecule has 14 heavy (non-hydrogen) atoms. The van der Waals surface area contributed by atoms with Gasteiger partial charge in [-0.3, -0.25) is 0 Å². The summed E-state index contributed by atoms with van der Waals surface area (Å²) in [6.07, 6.45) is 2.44. The second-order valence-electron chi connectivity index (χ2n) is 3.21. The van der Waals surface area contributed by atoms with E-state index in [-0.39, 0.29) is 6.61 Å². The normalized spacial score (nSPS) is 10.7. The number of H-pyrrole nitrogens is 2. The molecule has 3 N–H and O–H groups in total. The van der Waals surface area contributed by atoms with Gasteiger partial charge >= 0.3 is 0 Å². The second-order valence-corrected chi connectivity index (χ2v) is 3.21. The molecule has 4 nitrogen and oxygen atoms in total. The Balaban J connectivity index is 2.35.